The van der Waals surface area contributed by atoms with Crippen LogP contribution >= 0.6 is 0 Å². The Balaban J connectivity index is 2.75. The molecule has 0 saturated carbocycles. The van der Waals surface area contributed by atoms with Gasteiger partial charge < -0.3 is 20.6 Å². The van der Waals surface area contributed by atoms with Crippen LogP contribution in [0, 0.1) is 0 Å². The molecule has 1 saturated heterocycles. The lowest BCUT2D eigenvalue weighted by atomic mass is 11.8. The van der Waals surface area contributed by atoms with Crippen molar-refractivity contribution in [2.75, 3.05) is 0 Å². The zero-order valence-corrected chi connectivity index (χ0v) is 17.2. The fourth-order valence-electron chi connectivity index (χ4n) is 1.86. The number of hydrogen-bond donors (Lipinski definition) is 0. The van der Waals surface area contributed by atoms with Gasteiger partial charge in [-0.05, 0) is 39.3 Å². The maximum atomic E-state index is 6.14. The van der Waals surface area contributed by atoms with Gasteiger partial charge in [0.2, 0.25) is 0 Å². The van der Waals surface area contributed by atoms with Crippen LogP contribution in [0.25, 0.3) is 0 Å². The average Bonchev–Trinajstić information content (AvgIpc) is 1.93. The van der Waals surface area contributed by atoms with Crippen molar-refractivity contribution in [1.29, 1.82) is 0 Å². The number of rotatable bonds is 2. The molecule has 2 unspecified atom stereocenters. The minimum Gasteiger partial charge on any atom is -0.420 e. The molecule has 0 N–H and O–H groups in total. The van der Waals surface area contributed by atoms with Crippen molar-refractivity contribution in [3.63, 3.8) is 0 Å². The highest BCUT2D eigenvalue weighted by atomic mass is 28.5. The van der Waals surface area contributed by atoms with Crippen LogP contribution in [0.2, 0.25) is 45.8 Å². The highest BCUT2D eigenvalue weighted by Gasteiger charge is 2.44. The zero-order valence-electron chi connectivity index (χ0n) is 11.8. The van der Waals surface area contributed by atoms with Gasteiger partial charge in [0.15, 0.2) is 8.32 Å². The monoisotopic (exact) mass is 328 g/mol. The molecule has 0 amide bonds. The predicted octanol–water partition coefficient (Wildman–Crippen LogP) is 1.04. The fraction of sp³-hybridized carbons (Fsp3) is 1.00. The van der Waals surface area contributed by atoms with E-state index in [9.17, 15) is 0 Å². The molecular weight excluding hydrogens is 305 g/mol. The SMILES string of the molecule is C[SiH]1O[SiH](C)O[Si](C)(O[Si](C)(C)C)O[SiH](C)O1. The fourth-order valence-corrected chi connectivity index (χ4v) is 19.7. The molecule has 0 spiro atoms. The lowest BCUT2D eigenvalue weighted by Gasteiger charge is -2.39. The summed E-state index contributed by atoms with van der Waals surface area (Å²) in [5.74, 6) is 0. The molecule has 1 aliphatic rings. The standard InChI is InChI=1S/C7H24O5Si5/c1-13-8-14(2)10-17(7,11-15(3)9-13)12-16(4,5)6/h13-15H,1-7H3. The molecular formula is C7H24O5Si5. The quantitative estimate of drug-likeness (QED) is 0.709. The van der Waals surface area contributed by atoms with E-state index in [1.807, 2.05) is 26.2 Å². The summed E-state index contributed by atoms with van der Waals surface area (Å²) in [4.78, 5) is 0. The van der Waals surface area contributed by atoms with Crippen molar-refractivity contribution in [1.82, 2.24) is 0 Å². The Morgan fingerprint density at radius 1 is 0.882 bits per heavy atom. The Bertz CT molecular complexity index is 246. The first-order valence-electron chi connectivity index (χ1n) is 5.96. The molecule has 5 nitrogen and oxygen atoms in total. The van der Waals surface area contributed by atoms with E-state index in [0.717, 1.165) is 0 Å². The first-order valence-corrected chi connectivity index (χ1v) is 17.9. The second kappa shape index (κ2) is 5.89. The van der Waals surface area contributed by atoms with Gasteiger partial charge in [0.05, 0.1) is 0 Å². The van der Waals surface area contributed by atoms with E-state index in [1.165, 1.54) is 0 Å². The third-order valence-electron chi connectivity index (χ3n) is 2.02. The van der Waals surface area contributed by atoms with Crippen molar-refractivity contribution in [2.45, 2.75) is 45.8 Å². The van der Waals surface area contributed by atoms with E-state index in [4.69, 9.17) is 20.6 Å². The normalized spacial score (nSPS) is 40.8. The second-order valence-corrected chi connectivity index (χ2v) is 19.5. The lowest BCUT2D eigenvalue weighted by Crippen LogP contribution is -2.58. The summed E-state index contributed by atoms with van der Waals surface area (Å²) >= 11 is 0. The largest absolute Gasteiger partial charge is 0.468 e. The first kappa shape index (κ1) is 15.9. The highest BCUT2D eigenvalue weighted by Crippen LogP contribution is 2.21. The molecule has 1 fully saturated rings. The van der Waals surface area contributed by atoms with E-state index in [0.29, 0.717) is 0 Å². The Hall–Kier alpha value is 0.884. The van der Waals surface area contributed by atoms with Crippen LogP contribution in [0.3, 0.4) is 0 Å². The van der Waals surface area contributed by atoms with Crippen molar-refractivity contribution in [3.05, 3.63) is 0 Å². The van der Waals surface area contributed by atoms with E-state index in [-0.39, 0.29) is 0 Å². The van der Waals surface area contributed by atoms with Gasteiger partial charge in [-0.15, -0.1) is 0 Å². The van der Waals surface area contributed by atoms with Crippen LogP contribution < -0.4 is 0 Å². The Kier molecular flexibility index (Phi) is 5.53. The minimum absolute atomic E-state index is 1.54. The van der Waals surface area contributed by atoms with E-state index in [2.05, 4.69) is 19.6 Å². The third-order valence-corrected chi connectivity index (χ3v) is 18.2. The topological polar surface area (TPSA) is 46.2 Å². The molecule has 0 radical (unpaired) electrons. The third kappa shape index (κ3) is 6.04. The van der Waals surface area contributed by atoms with Crippen molar-refractivity contribution in [2.24, 2.45) is 0 Å². The van der Waals surface area contributed by atoms with Gasteiger partial charge in [-0.3, -0.25) is 0 Å². The van der Waals surface area contributed by atoms with Crippen LogP contribution in [0.15, 0.2) is 0 Å². The Morgan fingerprint density at radius 3 is 1.65 bits per heavy atom. The van der Waals surface area contributed by atoms with Crippen LogP contribution in [0.1, 0.15) is 0 Å². The molecule has 0 aromatic rings. The maximum absolute atomic E-state index is 6.14. The van der Waals surface area contributed by atoms with Crippen LogP contribution in [0.4, 0.5) is 0 Å². The summed E-state index contributed by atoms with van der Waals surface area (Å²) in [6, 6.07) is 0. The first-order chi connectivity index (χ1) is 7.60. The predicted molar refractivity (Wildman–Crippen MR) is 79.4 cm³/mol. The minimum atomic E-state index is -2.55. The van der Waals surface area contributed by atoms with E-state index >= 15 is 0 Å². The average molecular weight is 329 g/mol. The van der Waals surface area contributed by atoms with Gasteiger partial charge >= 0.3 is 27.4 Å². The van der Waals surface area contributed by atoms with E-state index in [1.54, 1.807) is 0 Å². The van der Waals surface area contributed by atoms with Gasteiger partial charge in [0.25, 0.3) is 9.28 Å². The van der Waals surface area contributed by atoms with Crippen LogP contribution in [-0.2, 0) is 20.6 Å². The summed E-state index contributed by atoms with van der Waals surface area (Å²) in [7, 11) is -9.12. The molecule has 0 aromatic carbocycles. The van der Waals surface area contributed by atoms with E-state index < -0.39 is 45.0 Å². The molecule has 1 aliphatic heterocycles. The van der Waals surface area contributed by atoms with Crippen molar-refractivity contribution >= 4 is 45.0 Å². The van der Waals surface area contributed by atoms with Gasteiger partial charge in [0.1, 0.15) is 0 Å². The molecule has 0 aliphatic carbocycles. The summed E-state index contributed by atoms with van der Waals surface area (Å²) in [6.45, 7) is 14.5. The Morgan fingerprint density at radius 2 is 1.29 bits per heavy atom. The lowest BCUT2D eigenvalue weighted by molar-refractivity contribution is 0.210. The van der Waals surface area contributed by atoms with Crippen LogP contribution in [-0.4, -0.2) is 45.0 Å². The van der Waals surface area contributed by atoms with Gasteiger partial charge in [-0.1, -0.05) is 0 Å². The molecule has 1 heterocycles. The summed E-state index contributed by atoms with van der Waals surface area (Å²) < 4.78 is 29.9. The van der Waals surface area contributed by atoms with Crippen LogP contribution in [0.5, 0.6) is 0 Å². The molecule has 2 atom stereocenters. The van der Waals surface area contributed by atoms with Gasteiger partial charge in [-0.2, -0.15) is 0 Å². The highest BCUT2D eigenvalue weighted by molar-refractivity contribution is 6.85. The molecule has 102 valence electrons. The zero-order chi connectivity index (χ0) is 13.3. The summed E-state index contributed by atoms with van der Waals surface area (Å²) in [5, 5.41) is 0. The molecule has 10 heteroatoms. The van der Waals surface area contributed by atoms with Gasteiger partial charge in [-0.25, -0.2) is 0 Å². The van der Waals surface area contributed by atoms with Crippen molar-refractivity contribution in [3.8, 4) is 0 Å². The molecule has 0 aromatic heterocycles. The second-order valence-electron chi connectivity index (χ2n) is 5.29. The van der Waals surface area contributed by atoms with Gasteiger partial charge in [0, 0.05) is 6.55 Å². The smallest absolute Gasteiger partial charge is 0.420 e. The molecule has 0 bridgehead atoms. The summed E-state index contributed by atoms with van der Waals surface area (Å²) in [6.07, 6.45) is 0. The molecule has 17 heavy (non-hydrogen) atoms. The maximum Gasteiger partial charge on any atom is 0.468 e. The molecule has 1 rings (SSSR count). The number of hydrogen-bond acceptors (Lipinski definition) is 5. The van der Waals surface area contributed by atoms with Crippen molar-refractivity contribution < 1.29 is 20.6 Å². The Labute approximate surface area is 111 Å². The summed E-state index contributed by atoms with van der Waals surface area (Å²) in [5.41, 5.74) is 0.